The molecule has 6 aromatic rings. The molecule has 36 heteroatoms. The van der Waals surface area contributed by atoms with Crippen LogP contribution >= 0.6 is 0 Å². The van der Waals surface area contributed by atoms with Crippen molar-refractivity contribution in [3.63, 3.8) is 0 Å². The van der Waals surface area contributed by atoms with Crippen molar-refractivity contribution >= 4 is 98.9 Å². The third-order valence-corrected chi connectivity index (χ3v) is 34.5. The molecule has 4 amide bonds. The largest absolute Gasteiger partial charge is 0.444 e. The van der Waals surface area contributed by atoms with Gasteiger partial charge in [-0.1, -0.05) is 101 Å². The van der Waals surface area contributed by atoms with Gasteiger partial charge in [-0.25, -0.2) is 31.1 Å². The molecule has 11 fully saturated rings. The third-order valence-electron chi connectivity index (χ3n) is 34.5. The van der Waals surface area contributed by atoms with Gasteiger partial charge in [0.1, 0.15) is 50.2 Å². The number of ketones is 6. The number of ether oxygens (including phenoxy) is 5. The Kier molecular flexibility index (Phi) is 28.4. The van der Waals surface area contributed by atoms with Gasteiger partial charge in [0, 0.05) is 118 Å². The normalized spacial score (nSPS) is 37.9. The van der Waals surface area contributed by atoms with Gasteiger partial charge in [0.15, 0.2) is 81.1 Å². The summed E-state index contributed by atoms with van der Waals surface area (Å²) in [4.78, 5) is 136. The predicted octanol–water partition coefficient (Wildman–Crippen LogP) is 13.6. The Hall–Kier alpha value is -12.2. The molecule has 782 valence electrons. The smallest absolute Gasteiger partial charge is 0.412 e. The van der Waals surface area contributed by atoms with E-state index in [1.54, 1.807) is 180 Å². The van der Waals surface area contributed by atoms with Gasteiger partial charge in [0.25, 0.3) is 17.7 Å². The van der Waals surface area contributed by atoms with Crippen LogP contribution < -0.4 is 32.7 Å². The van der Waals surface area contributed by atoms with E-state index in [-0.39, 0.29) is 99.7 Å². The highest BCUT2D eigenvalue weighted by Gasteiger charge is 2.84. The third kappa shape index (κ3) is 17.0. The number of fused-ring (bicyclic) bond motifs is 19. The molecule has 14 aliphatic rings. The Bertz CT molecular complexity index is 6250. The number of aldehydes is 1. The van der Waals surface area contributed by atoms with Gasteiger partial charge < -0.3 is 92.0 Å². The Labute approximate surface area is 843 Å². The van der Waals surface area contributed by atoms with Gasteiger partial charge in [-0.3, -0.25) is 53.3 Å². The van der Waals surface area contributed by atoms with Crippen LogP contribution in [0.2, 0.25) is 0 Å². The molecular weight excluding hydrogens is 1920 g/mol. The first-order valence-corrected chi connectivity index (χ1v) is 48.6. The summed E-state index contributed by atoms with van der Waals surface area (Å²) in [5.41, 5.74) is -4.70. The van der Waals surface area contributed by atoms with E-state index in [0.29, 0.717) is 73.8 Å². The fourth-order valence-corrected chi connectivity index (χ4v) is 27.5. The highest BCUT2D eigenvalue weighted by atomic mass is 19.2. The van der Waals surface area contributed by atoms with Crippen molar-refractivity contribution in [1.82, 2.24) is 0 Å². The van der Waals surface area contributed by atoms with Crippen molar-refractivity contribution in [2.75, 3.05) is 52.6 Å². The minimum absolute atomic E-state index is 0. The molecule has 16 N–H and O–H groups in total. The first-order chi connectivity index (χ1) is 68.7. The van der Waals surface area contributed by atoms with E-state index in [1.807, 2.05) is 0 Å². The lowest BCUT2D eigenvalue weighted by molar-refractivity contribution is -0.235. The van der Waals surface area contributed by atoms with Crippen LogP contribution in [0.1, 0.15) is 193 Å². The van der Waals surface area contributed by atoms with E-state index < -0.39 is 236 Å². The molecule has 6 aromatic carbocycles. The highest BCUT2D eigenvalue weighted by Crippen LogP contribution is 2.77. The number of amides is 4. The number of hydrogen-bond donors (Lipinski definition) is 14. The number of rotatable bonds is 16. The van der Waals surface area contributed by atoms with Crippen LogP contribution in [-0.2, 0) is 52.5 Å². The molecule has 0 radical (unpaired) electrons. The maximum Gasteiger partial charge on any atom is 0.412 e. The summed E-state index contributed by atoms with van der Waals surface area (Å²) in [5.74, 6) is -9.97. The van der Waals surface area contributed by atoms with E-state index in [0.717, 1.165) is 24.3 Å². The van der Waals surface area contributed by atoms with Crippen molar-refractivity contribution in [3.05, 3.63) is 250 Å². The minimum Gasteiger partial charge on any atom is -0.444 e. The number of allylic oxidation sites excluding steroid dienone is 12. The molecule has 147 heavy (non-hydrogen) atoms. The molecule has 30 nitrogen and oxygen atoms in total. The summed E-state index contributed by atoms with van der Waals surface area (Å²) in [6.07, 6.45) is -5.87. The second-order valence-electron chi connectivity index (χ2n) is 43.2. The topological polar surface area (TPSA) is 496 Å². The zero-order chi connectivity index (χ0) is 106. The first-order valence-electron chi connectivity index (χ1n) is 48.6. The van der Waals surface area contributed by atoms with E-state index >= 15 is 26.3 Å². The number of anilines is 6. The number of benzene rings is 6. The van der Waals surface area contributed by atoms with E-state index in [1.165, 1.54) is 58.1 Å². The van der Waals surface area contributed by atoms with E-state index in [9.17, 15) is 93.6 Å². The number of aliphatic hydroxyl groups excluding tert-OH is 7. The summed E-state index contributed by atoms with van der Waals surface area (Å²) in [7, 11) is 0. The van der Waals surface area contributed by atoms with Gasteiger partial charge >= 0.3 is 6.09 Å². The van der Waals surface area contributed by atoms with Crippen LogP contribution in [0, 0.1) is 68.0 Å². The quantitative estimate of drug-likeness (QED) is 0.0243. The standard InChI is InChI=1S/2C35H36F2N2O7.C21H26F2O6.C19H20N2O4.CH4/c2*1-32-11-10-22(41)13-25(32)26(36)14-24-23-15-29-35(28(43)17-40,33(23,2)16-27(42)34(24,32)37)46-31(45-29)19-8-6-18(7-9-19)30(44)39-21-5-3-4-20(38)12-21;1-18-4-3-10(25)5-13(18)14(22)6-12-11-7-15(26)21(29,17(28)9-24)19(11,2)8-16(27)20(12,18)23;1-19(2,3)25-18(24)21-16-6-4-5-15(11-16)20-17(23)14-9-7-13(12-22)8-10-14;/h2*3-13,23-24,26-27,29,31,40,42H,14-17,38H2,1-2H3,(H,39,44);3-5,11-12,14-16,24,26-27,29H,6-9H2,1-2H3;4-12H,1-3H3,(H,20,23)(H,21,24);1H4/t23-,24-,26-,27-,29+,31+,32-,33-,34-,35+;23-,24-,26-,27-,29+,31-,32-,33-,34-,35+;11-,12-,14-,15+,16-,18-,19-,20-,21-;;/m000../s1. The monoisotopic (exact) mass is 2040 g/mol. The molecule has 2 saturated heterocycles. The van der Waals surface area contributed by atoms with Crippen molar-refractivity contribution < 1.29 is 144 Å². The number of Topliss-reactive ketones (excluding diaryl/α,β-unsaturated/α-hetero) is 3. The molecule has 9 saturated carbocycles. The molecule has 0 aromatic heterocycles. The molecule has 2 heterocycles. The van der Waals surface area contributed by atoms with Gasteiger partial charge in [-0.05, 0) is 261 Å². The Morgan fingerprint density at radius 1 is 0.435 bits per heavy atom. The van der Waals surface area contributed by atoms with Crippen molar-refractivity contribution in [2.45, 2.75) is 235 Å². The number of nitrogens with one attached hydrogen (secondary N) is 4. The number of hydrogen-bond acceptors (Lipinski definition) is 26. The molecule has 2 aliphatic heterocycles. The van der Waals surface area contributed by atoms with Gasteiger partial charge in [-0.2, -0.15) is 0 Å². The molecule has 0 spiro atoms. The zero-order valence-corrected chi connectivity index (χ0v) is 81.5. The summed E-state index contributed by atoms with van der Waals surface area (Å²) >= 11 is 0. The first kappa shape index (κ1) is 108. The van der Waals surface area contributed by atoms with Crippen LogP contribution in [0.25, 0.3) is 0 Å². The number of alkyl halides is 6. The maximum absolute atomic E-state index is 17.6. The second kappa shape index (κ2) is 38.8. The number of carbonyl (C=O) groups excluding carboxylic acids is 11. The minimum atomic E-state index is -2.37. The lowest BCUT2D eigenvalue weighted by Crippen LogP contribution is -2.70. The van der Waals surface area contributed by atoms with Crippen LogP contribution in [0.15, 0.2) is 217 Å². The second-order valence-corrected chi connectivity index (χ2v) is 43.2. The lowest BCUT2D eigenvalue weighted by atomic mass is 9.44. The summed E-state index contributed by atoms with van der Waals surface area (Å²) in [5, 5.41) is 96.5. The van der Waals surface area contributed by atoms with Gasteiger partial charge in [0.05, 0.1) is 36.6 Å². The van der Waals surface area contributed by atoms with Crippen LogP contribution in [0.4, 0.5) is 65.3 Å². The highest BCUT2D eigenvalue weighted by molar-refractivity contribution is 6.07. The van der Waals surface area contributed by atoms with E-state index in [4.69, 9.17) is 35.2 Å². The average Bonchev–Trinajstić information content (AvgIpc) is 1.52. The molecule has 0 unspecified atom stereocenters. The van der Waals surface area contributed by atoms with Gasteiger partial charge in [0.2, 0.25) is 0 Å². The Morgan fingerprint density at radius 2 is 0.755 bits per heavy atom. The Balaban J connectivity index is 0.000000144. The Morgan fingerprint density at radius 3 is 1.09 bits per heavy atom. The van der Waals surface area contributed by atoms with Crippen LogP contribution in [0.3, 0.4) is 0 Å². The summed E-state index contributed by atoms with van der Waals surface area (Å²) < 4.78 is 130. The van der Waals surface area contributed by atoms with Crippen molar-refractivity contribution in [2.24, 2.45) is 68.0 Å². The van der Waals surface area contributed by atoms with Crippen molar-refractivity contribution in [3.8, 4) is 0 Å². The fourth-order valence-electron chi connectivity index (χ4n) is 27.5. The maximum atomic E-state index is 17.6. The SMILES string of the molecule is C.CC(C)(C)OC(=O)Nc1cccc(NC(=O)c2ccc(C=O)cc2)c1.C[C@]12C=CC(=O)C=C1[C@@H](F)C[C@H]1[C@@H]3C[C@@H](O)[C@](O)(C(=O)CO)[C@@]3(C)C[C@H](O)[C@@]12F.C[C@]12C=CC(=O)C=C1[C@@H](F)C[C@H]1[C@@H]3C[C@H]4O[C@@H](c5ccc(C(=O)Nc6cccc(N)c6)cc5)O[C@@]4(C(=O)CO)[C@@]3(C)C[C@H](O)[C@@]12F.C[C@]12C=CC(=O)C=C1[C@@H](F)C[C@H]1[C@@H]3C[C@H]4O[C@H](c5ccc(C(=O)Nc6cccc(N)c6)cc5)O[C@@]4(C(=O)CO)[C@@]3(C)C[C@H](O)[C@@]12F. The lowest BCUT2D eigenvalue weighted by Gasteiger charge is -2.63. The van der Waals surface area contributed by atoms with Crippen LogP contribution in [0.5, 0.6) is 0 Å². The molecular formula is C111H122F6N6O24. The van der Waals surface area contributed by atoms with Crippen molar-refractivity contribution in [1.29, 1.82) is 0 Å². The summed E-state index contributed by atoms with van der Waals surface area (Å²) in [6.45, 7) is 12.0. The predicted molar refractivity (Wildman–Crippen MR) is 525 cm³/mol. The number of nitrogens with two attached hydrogens (primary N) is 2. The molecule has 12 aliphatic carbocycles. The molecule has 0 bridgehead atoms. The number of aliphatic hydroxyl groups is 8. The van der Waals surface area contributed by atoms with Gasteiger partial charge in [-0.15, -0.1) is 0 Å². The number of nitrogen functional groups attached to an aromatic ring is 2. The zero-order valence-electron chi connectivity index (χ0n) is 81.5. The summed E-state index contributed by atoms with van der Waals surface area (Å²) in [6, 6.07) is 39.5. The number of halogens is 6. The average molecular weight is 2040 g/mol. The number of carbonyl (C=O) groups is 11. The molecule has 29 atom stereocenters. The fraction of sp³-hybridized carbons (Fsp3) is 0.468. The molecule has 20 rings (SSSR count). The van der Waals surface area contributed by atoms with Crippen LogP contribution in [-0.4, -0.2) is 220 Å². The van der Waals surface area contributed by atoms with E-state index in [2.05, 4.69) is 21.3 Å².